The van der Waals surface area contributed by atoms with Gasteiger partial charge in [0.25, 0.3) is 0 Å². The Labute approximate surface area is 174 Å². The molecule has 2 aromatic carbocycles. The van der Waals surface area contributed by atoms with Crippen molar-refractivity contribution in [3.05, 3.63) is 68.5 Å². The highest BCUT2D eigenvalue weighted by Crippen LogP contribution is 2.41. The number of halogens is 2. The van der Waals surface area contributed by atoms with Gasteiger partial charge in [0.15, 0.2) is 8.32 Å². The molecule has 0 saturated carbocycles. The largest absolute Gasteiger partial charge is 0.411 e. The van der Waals surface area contributed by atoms with Crippen molar-refractivity contribution in [2.45, 2.75) is 45.0 Å². The average Bonchev–Trinajstić information content (AvgIpc) is 2.98. The maximum Gasteiger partial charge on any atom is 0.199 e. The molecule has 1 aromatic heterocycles. The Bertz CT molecular complexity index is 885. The van der Waals surface area contributed by atoms with E-state index in [1.807, 2.05) is 23.5 Å². The predicted molar refractivity (Wildman–Crippen MR) is 121 cm³/mol. The summed E-state index contributed by atoms with van der Waals surface area (Å²) < 4.78 is 9.07. The lowest BCUT2D eigenvalue weighted by atomic mass is 10.2. The fourth-order valence-corrected chi connectivity index (χ4v) is 7.26. The highest BCUT2D eigenvalue weighted by atomic mass is 79.9. The van der Waals surface area contributed by atoms with Crippen LogP contribution in [0.4, 0.5) is 0 Å². The van der Waals surface area contributed by atoms with E-state index >= 15 is 0 Å². The van der Waals surface area contributed by atoms with Crippen LogP contribution in [0.5, 0.6) is 0 Å². The van der Waals surface area contributed by atoms with Gasteiger partial charge in [-0.25, -0.2) is 0 Å². The van der Waals surface area contributed by atoms with Crippen molar-refractivity contribution in [1.82, 2.24) is 0 Å². The van der Waals surface area contributed by atoms with Crippen LogP contribution in [0.2, 0.25) is 16.6 Å². The quantitative estimate of drug-likeness (QED) is 0.345. The molecule has 26 heavy (non-hydrogen) atoms. The molecule has 0 saturated heterocycles. The van der Waals surface area contributed by atoms with Crippen LogP contribution in [0, 0.1) is 0 Å². The van der Waals surface area contributed by atoms with Crippen molar-refractivity contribution in [3.63, 3.8) is 0 Å². The van der Waals surface area contributed by atoms with E-state index in [0.29, 0.717) is 6.61 Å². The van der Waals surface area contributed by atoms with Crippen LogP contribution >= 0.6 is 38.9 Å². The van der Waals surface area contributed by atoms with E-state index in [0.717, 1.165) is 15.5 Å². The minimum absolute atomic E-state index is 0.106. The molecule has 0 N–H and O–H groups in total. The monoisotopic (exact) mass is 466 g/mol. The number of benzene rings is 2. The number of fused-ring (bicyclic) bond motifs is 1. The second-order valence-electron chi connectivity index (χ2n) is 7.93. The van der Waals surface area contributed by atoms with Crippen molar-refractivity contribution < 1.29 is 4.43 Å². The molecule has 0 radical (unpaired) electrons. The summed E-state index contributed by atoms with van der Waals surface area (Å²) in [4.78, 5) is 1.29. The highest BCUT2D eigenvalue weighted by molar-refractivity contribution is 9.10. The van der Waals surface area contributed by atoms with Gasteiger partial charge in [0.1, 0.15) is 0 Å². The normalized spacial score (nSPS) is 14.5. The van der Waals surface area contributed by atoms with Crippen molar-refractivity contribution in [1.29, 1.82) is 0 Å². The van der Waals surface area contributed by atoms with Gasteiger partial charge in [-0.3, -0.25) is 0 Å². The molecule has 3 rings (SSSR count). The summed E-state index contributed by atoms with van der Waals surface area (Å²) in [6, 6.07) is 17.7. The summed E-state index contributed by atoms with van der Waals surface area (Å²) in [5.41, 5.74) is 1.17. The Hall–Kier alpha value is -0.653. The van der Waals surface area contributed by atoms with Crippen molar-refractivity contribution in [2.75, 3.05) is 0 Å². The summed E-state index contributed by atoms with van der Waals surface area (Å²) >= 11 is 11.9. The average molecular weight is 468 g/mol. The Morgan fingerprint density at radius 3 is 2.54 bits per heavy atom. The summed E-state index contributed by atoms with van der Waals surface area (Å²) in [5, 5.41) is 2.22. The van der Waals surface area contributed by atoms with Crippen molar-refractivity contribution in [3.8, 4) is 0 Å². The van der Waals surface area contributed by atoms with Crippen LogP contribution in [-0.4, -0.2) is 8.32 Å². The number of rotatable bonds is 5. The Morgan fingerprint density at radius 1 is 1.12 bits per heavy atom. The van der Waals surface area contributed by atoms with Gasteiger partial charge in [-0.1, -0.05) is 66.5 Å². The molecule has 0 aliphatic heterocycles. The van der Waals surface area contributed by atoms with Crippen LogP contribution in [0.25, 0.3) is 10.1 Å². The first-order chi connectivity index (χ1) is 12.2. The Balaban J connectivity index is 1.84. The van der Waals surface area contributed by atoms with Gasteiger partial charge in [0.05, 0.1) is 6.61 Å². The topological polar surface area (TPSA) is 9.23 Å². The number of hydrogen-bond donors (Lipinski definition) is 0. The minimum Gasteiger partial charge on any atom is -0.411 e. The summed E-state index contributed by atoms with van der Waals surface area (Å²) in [7, 11) is -2.08. The van der Waals surface area contributed by atoms with E-state index in [9.17, 15) is 0 Å². The molecule has 1 nitrogen and oxygen atoms in total. The van der Waals surface area contributed by atoms with Gasteiger partial charge in [-0.15, -0.1) is 11.3 Å². The first-order valence-electron chi connectivity index (χ1n) is 8.73. The lowest BCUT2D eigenvalue weighted by Gasteiger charge is -2.39. The van der Waals surface area contributed by atoms with Crippen LogP contribution in [0.15, 0.2) is 53.0 Å². The molecule has 0 spiro atoms. The van der Waals surface area contributed by atoms with Gasteiger partial charge in [0.2, 0.25) is 0 Å². The van der Waals surface area contributed by atoms with Crippen LogP contribution < -0.4 is 0 Å². The third-order valence-electron chi connectivity index (χ3n) is 5.13. The smallest absolute Gasteiger partial charge is 0.199 e. The SMILES string of the molecule is CC(C)(C)[Si](C)(Cc1cc(Br)ccc1Cl)OCc1cc2ccccc2s1. The lowest BCUT2D eigenvalue weighted by molar-refractivity contribution is 0.273. The number of thiophene rings is 1. The van der Waals surface area contributed by atoms with Gasteiger partial charge in [0, 0.05) is 19.1 Å². The molecule has 0 aliphatic carbocycles. The first kappa shape index (κ1) is 20.1. The van der Waals surface area contributed by atoms with E-state index in [-0.39, 0.29) is 5.04 Å². The second kappa shape index (κ2) is 7.76. The molecule has 1 atom stereocenters. The third kappa shape index (κ3) is 4.42. The van der Waals surface area contributed by atoms with E-state index < -0.39 is 8.32 Å². The molecule has 0 aliphatic rings. The molecule has 5 heteroatoms. The minimum atomic E-state index is -2.08. The van der Waals surface area contributed by atoms with Gasteiger partial charge in [-0.05, 0) is 58.9 Å². The Morgan fingerprint density at radius 2 is 1.85 bits per heavy atom. The van der Waals surface area contributed by atoms with Crippen LogP contribution in [0.1, 0.15) is 31.2 Å². The summed E-state index contributed by atoms with van der Waals surface area (Å²) in [5.74, 6) is 0. The zero-order chi connectivity index (χ0) is 18.9. The summed E-state index contributed by atoms with van der Waals surface area (Å²) in [6.45, 7) is 9.87. The predicted octanol–water partition coefficient (Wildman–Crippen LogP) is 7.99. The Kier molecular flexibility index (Phi) is 6.00. The third-order valence-corrected chi connectivity index (χ3v) is 12.1. The molecule has 1 unspecified atom stereocenters. The van der Waals surface area contributed by atoms with E-state index in [4.69, 9.17) is 16.0 Å². The maximum atomic E-state index is 6.68. The van der Waals surface area contributed by atoms with Crippen LogP contribution in [0.3, 0.4) is 0 Å². The molecule has 3 aromatic rings. The molecule has 0 amide bonds. The van der Waals surface area contributed by atoms with Crippen LogP contribution in [-0.2, 0) is 17.1 Å². The zero-order valence-corrected chi connectivity index (χ0v) is 19.8. The molecular formula is C21H24BrClOSSi. The molecule has 0 bridgehead atoms. The van der Waals surface area contributed by atoms with Crippen molar-refractivity contribution in [2.24, 2.45) is 0 Å². The fourth-order valence-electron chi connectivity index (χ4n) is 2.91. The fraction of sp³-hybridized carbons (Fsp3) is 0.333. The van der Waals surface area contributed by atoms with E-state index in [1.54, 1.807) is 0 Å². The summed E-state index contributed by atoms with van der Waals surface area (Å²) in [6.07, 6.45) is 0. The van der Waals surface area contributed by atoms with E-state index in [2.05, 4.69) is 79.6 Å². The van der Waals surface area contributed by atoms with Crippen molar-refractivity contribution >= 4 is 57.3 Å². The molecule has 138 valence electrons. The lowest BCUT2D eigenvalue weighted by Crippen LogP contribution is -2.46. The van der Waals surface area contributed by atoms with Gasteiger partial charge < -0.3 is 4.43 Å². The molecular weight excluding hydrogens is 444 g/mol. The second-order valence-corrected chi connectivity index (χ2v) is 15.0. The molecule has 1 heterocycles. The van der Waals surface area contributed by atoms with Gasteiger partial charge in [-0.2, -0.15) is 0 Å². The maximum absolute atomic E-state index is 6.68. The first-order valence-corrected chi connectivity index (χ1v) is 13.3. The highest BCUT2D eigenvalue weighted by Gasteiger charge is 2.42. The van der Waals surface area contributed by atoms with Gasteiger partial charge >= 0.3 is 0 Å². The zero-order valence-electron chi connectivity index (χ0n) is 15.6. The number of hydrogen-bond acceptors (Lipinski definition) is 2. The molecule has 0 fully saturated rings. The van der Waals surface area contributed by atoms with E-state index in [1.165, 1.54) is 20.5 Å². The standard InChI is InChI=1S/C21H24BrClOSSi/c1-21(2,3)26(4,14-16-11-17(22)9-10-19(16)23)24-13-18-12-15-7-5-6-8-20(15)25-18/h5-12H,13-14H2,1-4H3.